The second-order valence-electron chi connectivity index (χ2n) is 8.16. The average molecular weight is 449 g/mol. The lowest BCUT2D eigenvalue weighted by Crippen LogP contribution is -2.24. The van der Waals surface area contributed by atoms with Crippen molar-refractivity contribution in [1.82, 2.24) is 9.55 Å². The van der Waals surface area contributed by atoms with Crippen molar-refractivity contribution in [3.63, 3.8) is 0 Å². The van der Waals surface area contributed by atoms with Crippen molar-refractivity contribution in [1.29, 1.82) is 0 Å². The molecule has 1 amide bonds. The number of thioether (sulfide) groups is 1. The van der Waals surface area contributed by atoms with Crippen LogP contribution >= 0.6 is 11.8 Å². The molecule has 1 aliphatic heterocycles. The van der Waals surface area contributed by atoms with Crippen LogP contribution in [-0.2, 0) is 20.8 Å². The van der Waals surface area contributed by atoms with Crippen LogP contribution in [0.1, 0.15) is 43.6 Å². The van der Waals surface area contributed by atoms with E-state index in [0.29, 0.717) is 40.9 Å². The Labute approximate surface area is 187 Å². The molecule has 0 aromatic carbocycles. The predicted molar refractivity (Wildman–Crippen MR) is 125 cm³/mol. The SMILES string of the molecule is COCC(=O)Nc1c(C(=O)OC)n(CCC(C)C)c2ncc(NC3CCSCC3)cc12. The molecule has 0 bridgehead atoms. The number of nitrogens with zero attached hydrogens (tertiary/aromatic N) is 2. The quantitative estimate of drug-likeness (QED) is 0.564. The fourth-order valence-corrected chi connectivity index (χ4v) is 4.84. The van der Waals surface area contributed by atoms with Gasteiger partial charge in [0.2, 0.25) is 5.91 Å². The zero-order chi connectivity index (χ0) is 22.4. The van der Waals surface area contributed by atoms with Gasteiger partial charge in [0.1, 0.15) is 12.3 Å². The Morgan fingerprint density at radius 1 is 1.29 bits per heavy atom. The topological polar surface area (TPSA) is 94.5 Å². The maximum Gasteiger partial charge on any atom is 0.356 e. The summed E-state index contributed by atoms with van der Waals surface area (Å²) in [5.41, 5.74) is 2.26. The molecule has 1 fully saturated rings. The predicted octanol–water partition coefficient (Wildman–Crippen LogP) is 3.76. The first kappa shape index (κ1) is 23.4. The van der Waals surface area contributed by atoms with Crippen LogP contribution in [0.4, 0.5) is 11.4 Å². The second kappa shape index (κ2) is 10.9. The van der Waals surface area contributed by atoms with Crippen molar-refractivity contribution in [2.45, 2.75) is 45.7 Å². The summed E-state index contributed by atoms with van der Waals surface area (Å²) in [6.45, 7) is 4.74. The molecule has 2 aromatic rings. The zero-order valence-corrected chi connectivity index (χ0v) is 19.5. The number of ether oxygens (including phenoxy) is 2. The fourth-order valence-electron chi connectivity index (χ4n) is 3.73. The normalized spacial score (nSPS) is 14.7. The fraction of sp³-hybridized carbons (Fsp3) is 0.591. The Hall–Kier alpha value is -2.26. The summed E-state index contributed by atoms with van der Waals surface area (Å²) in [6.07, 6.45) is 4.87. The number of fused-ring (bicyclic) bond motifs is 1. The third-order valence-electron chi connectivity index (χ3n) is 5.34. The van der Waals surface area contributed by atoms with Crippen LogP contribution in [0, 0.1) is 5.92 Å². The van der Waals surface area contributed by atoms with E-state index in [0.717, 1.165) is 36.5 Å². The van der Waals surface area contributed by atoms with Crippen molar-refractivity contribution < 1.29 is 19.1 Å². The number of methoxy groups -OCH3 is 2. The van der Waals surface area contributed by atoms with Gasteiger partial charge in [-0.25, -0.2) is 9.78 Å². The number of nitrogens with one attached hydrogen (secondary N) is 2. The summed E-state index contributed by atoms with van der Waals surface area (Å²) in [5, 5.41) is 7.13. The van der Waals surface area contributed by atoms with Gasteiger partial charge in [0, 0.05) is 25.1 Å². The van der Waals surface area contributed by atoms with E-state index in [4.69, 9.17) is 9.47 Å². The number of rotatable bonds is 9. The van der Waals surface area contributed by atoms with Crippen molar-refractivity contribution in [3.8, 4) is 0 Å². The highest BCUT2D eigenvalue weighted by Crippen LogP contribution is 2.34. The molecule has 2 N–H and O–H groups in total. The minimum absolute atomic E-state index is 0.107. The standard InChI is InChI=1S/C22H32N4O4S/c1-14(2)5-8-26-20(22(28)30-4)19(25-18(27)13-29-3)17-11-16(12-23-21(17)26)24-15-6-9-31-10-7-15/h11-12,14-15,24H,5-10,13H2,1-4H3,(H,25,27). The third-order valence-corrected chi connectivity index (χ3v) is 6.39. The van der Waals surface area contributed by atoms with Gasteiger partial charge < -0.3 is 24.7 Å². The summed E-state index contributed by atoms with van der Waals surface area (Å²) in [6, 6.07) is 2.36. The highest BCUT2D eigenvalue weighted by Gasteiger charge is 2.26. The van der Waals surface area contributed by atoms with Gasteiger partial charge in [-0.15, -0.1) is 0 Å². The van der Waals surface area contributed by atoms with Crippen LogP contribution in [0.25, 0.3) is 11.0 Å². The number of hydrogen-bond acceptors (Lipinski definition) is 7. The van der Waals surface area contributed by atoms with E-state index in [2.05, 4.69) is 29.5 Å². The molecule has 0 aliphatic carbocycles. The van der Waals surface area contributed by atoms with Crippen molar-refractivity contribution in [3.05, 3.63) is 18.0 Å². The van der Waals surface area contributed by atoms with Crippen LogP contribution < -0.4 is 10.6 Å². The highest BCUT2D eigenvalue weighted by atomic mass is 32.2. The van der Waals surface area contributed by atoms with Crippen LogP contribution in [0.2, 0.25) is 0 Å². The maximum atomic E-state index is 12.7. The lowest BCUT2D eigenvalue weighted by molar-refractivity contribution is -0.119. The Balaban J connectivity index is 2.08. The molecule has 3 heterocycles. The largest absolute Gasteiger partial charge is 0.464 e. The van der Waals surface area contributed by atoms with Gasteiger partial charge in [-0.2, -0.15) is 11.8 Å². The van der Waals surface area contributed by atoms with Crippen LogP contribution in [0.15, 0.2) is 12.3 Å². The maximum absolute atomic E-state index is 12.7. The Kier molecular flexibility index (Phi) is 8.20. The van der Waals surface area contributed by atoms with Gasteiger partial charge >= 0.3 is 5.97 Å². The van der Waals surface area contributed by atoms with Crippen molar-refractivity contribution in [2.75, 3.05) is 43.0 Å². The van der Waals surface area contributed by atoms with E-state index >= 15 is 0 Å². The molecule has 31 heavy (non-hydrogen) atoms. The molecule has 0 atom stereocenters. The molecule has 0 unspecified atom stereocenters. The number of carbonyl (C=O) groups is 2. The van der Waals surface area contributed by atoms with Crippen LogP contribution in [0.5, 0.6) is 0 Å². The van der Waals surface area contributed by atoms with E-state index in [1.165, 1.54) is 14.2 Å². The van der Waals surface area contributed by atoms with Gasteiger partial charge in [-0.1, -0.05) is 13.8 Å². The van der Waals surface area contributed by atoms with E-state index in [1.54, 1.807) is 6.20 Å². The Morgan fingerprint density at radius 3 is 2.68 bits per heavy atom. The lowest BCUT2D eigenvalue weighted by atomic mass is 10.1. The van der Waals surface area contributed by atoms with E-state index in [1.807, 2.05) is 22.4 Å². The lowest BCUT2D eigenvalue weighted by Gasteiger charge is -2.23. The third kappa shape index (κ3) is 5.71. The van der Waals surface area contributed by atoms with Gasteiger partial charge in [-0.05, 0) is 42.8 Å². The zero-order valence-electron chi connectivity index (χ0n) is 18.7. The molecular formula is C22H32N4O4S. The molecular weight excluding hydrogens is 416 g/mol. The number of anilines is 2. The minimum Gasteiger partial charge on any atom is -0.464 e. The summed E-state index contributed by atoms with van der Waals surface area (Å²) < 4.78 is 11.9. The first-order valence-electron chi connectivity index (χ1n) is 10.7. The number of carbonyl (C=O) groups excluding carboxylic acids is 2. The molecule has 0 radical (unpaired) electrons. The molecule has 1 saturated heterocycles. The molecule has 2 aromatic heterocycles. The smallest absolute Gasteiger partial charge is 0.356 e. The van der Waals surface area contributed by atoms with Crippen molar-refractivity contribution in [2.24, 2.45) is 5.92 Å². The highest BCUT2D eigenvalue weighted by molar-refractivity contribution is 7.99. The average Bonchev–Trinajstić information content (AvgIpc) is 3.05. The van der Waals surface area contributed by atoms with Crippen LogP contribution in [0.3, 0.4) is 0 Å². The number of esters is 1. The van der Waals surface area contributed by atoms with E-state index in [-0.39, 0.29) is 12.5 Å². The Bertz CT molecular complexity index is 922. The van der Waals surface area contributed by atoms with E-state index in [9.17, 15) is 9.59 Å². The van der Waals surface area contributed by atoms with Gasteiger partial charge in [0.15, 0.2) is 5.69 Å². The minimum atomic E-state index is -0.506. The first-order valence-corrected chi connectivity index (χ1v) is 11.8. The molecule has 8 nitrogen and oxygen atoms in total. The summed E-state index contributed by atoms with van der Waals surface area (Å²) >= 11 is 1.97. The van der Waals surface area contributed by atoms with Gasteiger partial charge in [0.05, 0.1) is 24.7 Å². The van der Waals surface area contributed by atoms with Crippen LogP contribution in [-0.4, -0.2) is 59.8 Å². The monoisotopic (exact) mass is 448 g/mol. The molecule has 0 spiro atoms. The number of aromatic nitrogens is 2. The molecule has 0 saturated carbocycles. The second-order valence-corrected chi connectivity index (χ2v) is 9.38. The number of hydrogen-bond donors (Lipinski definition) is 2. The molecule has 3 rings (SSSR count). The Morgan fingerprint density at radius 2 is 2.03 bits per heavy atom. The summed E-state index contributed by atoms with van der Waals surface area (Å²) in [5.74, 6) is 1.89. The molecule has 1 aliphatic rings. The number of pyridine rings is 1. The van der Waals surface area contributed by atoms with E-state index < -0.39 is 5.97 Å². The van der Waals surface area contributed by atoms with Crippen molar-refractivity contribution >= 4 is 46.0 Å². The summed E-state index contributed by atoms with van der Waals surface area (Å²) in [7, 11) is 2.80. The number of amides is 1. The molecule has 170 valence electrons. The first-order chi connectivity index (χ1) is 14.9. The van der Waals surface area contributed by atoms with Gasteiger partial charge in [0.25, 0.3) is 0 Å². The summed E-state index contributed by atoms with van der Waals surface area (Å²) in [4.78, 5) is 29.8. The van der Waals surface area contributed by atoms with Gasteiger partial charge in [-0.3, -0.25) is 4.79 Å². The molecule has 9 heteroatoms. The number of aryl methyl sites for hydroxylation is 1.